The quantitative estimate of drug-likeness (QED) is 0.686. The predicted molar refractivity (Wildman–Crippen MR) is 52.4 cm³/mol. The van der Waals surface area contributed by atoms with E-state index in [4.69, 9.17) is 14.2 Å². The molecule has 0 spiro atoms. The van der Waals surface area contributed by atoms with Crippen LogP contribution >= 0.6 is 0 Å². The van der Waals surface area contributed by atoms with Gasteiger partial charge in [0.05, 0.1) is 20.3 Å². The number of rotatable bonds is 4. The molecule has 0 radical (unpaired) electrons. The first kappa shape index (κ1) is 9.49. The van der Waals surface area contributed by atoms with Crippen LogP contribution in [0, 0.1) is 0 Å². The summed E-state index contributed by atoms with van der Waals surface area (Å²) in [6, 6.07) is 6.08. The van der Waals surface area contributed by atoms with E-state index in [2.05, 4.69) is 6.07 Å². The molecule has 0 aromatic heterocycles. The van der Waals surface area contributed by atoms with Crippen LogP contribution in [0.1, 0.15) is 17.2 Å². The first-order valence-corrected chi connectivity index (χ1v) is 4.62. The SMILES string of the molecule is COCc1cc(C2CO2)ccc1OC. The van der Waals surface area contributed by atoms with Crippen molar-refractivity contribution in [2.24, 2.45) is 0 Å². The Morgan fingerprint density at radius 2 is 2.21 bits per heavy atom. The average molecular weight is 194 g/mol. The molecule has 0 N–H and O–H groups in total. The normalized spacial score (nSPS) is 19.4. The van der Waals surface area contributed by atoms with Crippen molar-refractivity contribution in [1.82, 2.24) is 0 Å². The van der Waals surface area contributed by atoms with Gasteiger partial charge in [0, 0.05) is 12.7 Å². The van der Waals surface area contributed by atoms with Crippen LogP contribution in [0.25, 0.3) is 0 Å². The smallest absolute Gasteiger partial charge is 0.124 e. The third kappa shape index (κ3) is 1.89. The van der Waals surface area contributed by atoms with Crippen LogP contribution in [0.2, 0.25) is 0 Å². The highest BCUT2D eigenvalue weighted by atomic mass is 16.6. The molecule has 1 fully saturated rings. The van der Waals surface area contributed by atoms with Gasteiger partial charge < -0.3 is 14.2 Å². The van der Waals surface area contributed by atoms with Crippen LogP contribution in [0.3, 0.4) is 0 Å². The van der Waals surface area contributed by atoms with Gasteiger partial charge in [0.1, 0.15) is 11.9 Å². The number of hydrogen-bond acceptors (Lipinski definition) is 3. The van der Waals surface area contributed by atoms with E-state index in [1.807, 2.05) is 12.1 Å². The lowest BCUT2D eigenvalue weighted by Gasteiger charge is -2.08. The van der Waals surface area contributed by atoms with Crippen molar-refractivity contribution in [3.63, 3.8) is 0 Å². The van der Waals surface area contributed by atoms with E-state index in [0.717, 1.165) is 17.9 Å². The average Bonchev–Trinajstić information content (AvgIpc) is 3.01. The minimum Gasteiger partial charge on any atom is -0.496 e. The Morgan fingerprint density at radius 1 is 1.43 bits per heavy atom. The molecule has 0 amide bonds. The van der Waals surface area contributed by atoms with Crippen molar-refractivity contribution in [2.75, 3.05) is 20.8 Å². The van der Waals surface area contributed by atoms with E-state index in [9.17, 15) is 0 Å². The van der Waals surface area contributed by atoms with Gasteiger partial charge in [0.2, 0.25) is 0 Å². The molecule has 3 heteroatoms. The lowest BCUT2D eigenvalue weighted by Crippen LogP contribution is -1.95. The topological polar surface area (TPSA) is 31.0 Å². The molecule has 76 valence electrons. The third-order valence-electron chi connectivity index (χ3n) is 2.31. The summed E-state index contributed by atoms with van der Waals surface area (Å²) in [6.07, 6.45) is 0.288. The fraction of sp³-hybridized carbons (Fsp3) is 0.455. The molecule has 1 unspecified atom stereocenters. The Balaban J connectivity index is 2.26. The second kappa shape index (κ2) is 3.98. The molecule has 1 aromatic rings. The van der Waals surface area contributed by atoms with Gasteiger partial charge >= 0.3 is 0 Å². The first-order chi connectivity index (χ1) is 6.85. The van der Waals surface area contributed by atoms with E-state index < -0.39 is 0 Å². The maximum absolute atomic E-state index is 5.23. The Bertz CT molecular complexity index is 318. The molecule has 1 heterocycles. The number of methoxy groups -OCH3 is 2. The van der Waals surface area contributed by atoms with E-state index in [0.29, 0.717) is 6.61 Å². The zero-order valence-electron chi connectivity index (χ0n) is 8.45. The van der Waals surface area contributed by atoms with Gasteiger partial charge in [-0.2, -0.15) is 0 Å². The molecule has 0 saturated carbocycles. The molecule has 1 aliphatic rings. The molecular weight excluding hydrogens is 180 g/mol. The minimum atomic E-state index is 0.288. The highest BCUT2D eigenvalue weighted by Gasteiger charge is 2.25. The standard InChI is InChI=1S/C11H14O3/c1-12-6-9-5-8(11-7-14-11)3-4-10(9)13-2/h3-5,11H,6-7H2,1-2H3. The Hall–Kier alpha value is -1.06. The van der Waals surface area contributed by atoms with E-state index in [1.165, 1.54) is 5.56 Å². The monoisotopic (exact) mass is 194 g/mol. The van der Waals surface area contributed by atoms with Crippen LogP contribution in [0.5, 0.6) is 5.75 Å². The summed E-state index contributed by atoms with van der Waals surface area (Å²) in [6.45, 7) is 1.41. The number of hydrogen-bond donors (Lipinski definition) is 0. The molecule has 3 nitrogen and oxygen atoms in total. The summed E-state index contributed by atoms with van der Waals surface area (Å²) < 4.78 is 15.6. The summed E-state index contributed by atoms with van der Waals surface area (Å²) in [5, 5.41) is 0. The number of benzene rings is 1. The summed E-state index contributed by atoms with van der Waals surface area (Å²) >= 11 is 0. The van der Waals surface area contributed by atoms with Crippen LogP contribution in [0.15, 0.2) is 18.2 Å². The molecule has 2 rings (SSSR count). The third-order valence-corrected chi connectivity index (χ3v) is 2.31. The molecule has 0 bridgehead atoms. The lowest BCUT2D eigenvalue weighted by atomic mass is 10.1. The van der Waals surface area contributed by atoms with Crippen LogP contribution < -0.4 is 4.74 Å². The van der Waals surface area contributed by atoms with E-state index >= 15 is 0 Å². The molecule has 0 aliphatic carbocycles. The molecule has 1 aromatic carbocycles. The van der Waals surface area contributed by atoms with Gasteiger partial charge in [-0.1, -0.05) is 6.07 Å². The second-order valence-corrected chi connectivity index (χ2v) is 3.33. The molecule has 14 heavy (non-hydrogen) atoms. The molecule has 1 aliphatic heterocycles. The summed E-state index contributed by atoms with van der Waals surface area (Å²) in [4.78, 5) is 0. The van der Waals surface area contributed by atoms with Gasteiger partial charge in [0.25, 0.3) is 0 Å². The van der Waals surface area contributed by atoms with Gasteiger partial charge in [-0.15, -0.1) is 0 Å². The predicted octanol–water partition coefficient (Wildman–Crippen LogP) is 1.91. The highest BCUT2D eigenvalue weighted by molar-refractivity contribution is 5.38. The van der Waals surface area contributed by atoms with Crippen LogP contribution in [0.4, 0.5) is 0 Å². The van der Waals surface area contributed by atoms with E-state index in [1.54, 1.807) is 14.2 Å². The van der Waals surface area contributed by atoms with Crippen LogP contribution in [-0.2, 0) is 16.1 Å². The first-order valence-electron chi connectivity index (χ1n) is 4.62. The maximum Gasteiger partial charge on any atom is 0.124 e. The Kier molecular flexibility index (Phi) is 2.70. The van der Waals surface area contributed by atoms with Gasteiger partial charge in [-0.25, -0.2) is 0 Å². The zero-order valence-corrected chi connectivity index (χ0v) is 8.45. The van der Waals surface area contributed by atoms with Crippen molar-refractivity contribution in [3.05, 3.63) is 29.3 Å². The van der Waals surface area contributed by atoms with Gasteiger partial charge in [-0.05, 0) is 17.7 Å². The van der Waals surface area contributed by atoms with Crippen molar-refractivity contribution >= 4 is 0 Å². The van der Waals surface area contributed by atoms with E-state index in [-0.39, 0.29) is 6.10 Å². The number of ether oxygens (including phenoxy) is 3. The summed E-state index contributed by atoms with van der Waals surface area (Å²) in [7, 11) is 3.35. The van der Waals surface area contributed by atoms with Gasteiger partial charge in [0.15, 0.2) is 0 Å². The largest absolute Gasteiger partial charge is 0.496 e. The van der Waals surface area contributed by atoms with Crippen molar-refractivity contribution in [2.45, 2.75) is 12.7 Å². The lowest BCUT2D eigenvalue weighted by molar-refractivity contribution is 0.181. The minimum absolute atomic E-state index is 0.288. The summed E-state index contributed by atoms with van der Waals surface area (Å²) in [5.41, 5.74) is 2.28. The second-order valence-electron chi connectivity index (χ2n) is 3.33. The molecule has 1 saturated heterocycles. The molecular formula is C11H14O3. The maximum atomic E-state index is 5.23. The fourth-order valence-electron chi connectivity index (χ4n) is 1.51. The Labute approximate surface area is 83.6 Å². The van der Waals surface area contributed by atoms with Crippen molar-refractivity contribution in [1.29, 1.82) is 0 Å². The highest BCUT2D eigenvalue weighted by Crippen LogP contribution is 2.32. The zero-order chi connectivity index (χ0) is 9.97. The van der Waals surface area contributed by atoms with Crippen molar-refractivity contribution in [3.8, 4) is 5.75 Å². The van der Waals surface area contributed by atoms with Gasteiger partial charge in [-0.3, -0.25) is 0 Å². The molecule has 1 atom stereocenters. The van der Waals surface area contributed by atoms with Crippen molar-refractivity contribution < 1.29 is 14.2 Å². The Morgan fingerprint density at radius 3 is 2.79 bits per heavy atom. The summed E-state index contributed by atoms with van der Waals surface area (Å²) in [5.74, 6) is 0.872. The number of epoxide rings is 1. The van der Waals surface area contributed by atoms with Crippen LogP contribution in [-0.4, -0.2) is 20.8 Å². The fourth-order valence-corrected chi connectivity index (χ4v) is 1.51.